The van der Waals surface area contributed by atoms with E-state index in [1.165, 1.54) is 19.1 Å². The highest BCUT2D eigenvalue weighted by atomic mass is 16.6. The van der Waals surface area contributed by atoms with E-state index in [1.807, 2.05) is 12.2 Å². The van der Waals surface area contributed by atoms with Gasteiger partial charge in [0, 0.05) is 17.7 Å². The standard InChI is InChI=1S/C19H17N3O7/c1-9(19(25)26)29-14-5-4-13(22(27)28)7-12(14)8-20-21-17(23)15-10-2-3-11(6-10)16(15)18(21)24/h2-5,7-11,15-16H,6H2,1H3,(H,25,26)/t9-,10+,11+,15-,16+/m1/s1. The summed E-state index contributed by atoms with van der Waals surface area (Å²) in [5, 5.41) is 24.9. The molecular formula is C19H17N3O7. The molecule has 10 nitrogen and oxygen atoms in total. The molecule has 1 saturated heterocycles. The third-order valence-electron chi connectivity index (χ3n) is 5.62. The lowest BCUT2D eigenvalue weighted by atomic mass is 9.85. The second-order valence-corrected chi connectivity index (χ2v) is 7.31. The smallest absolute Gasteiger partial charge is 0.344 e. The van der Waals surface area contributed by atoms with Crippen LogP contribution in [0.4, 0.5) is 5.69 Å². The summed E-state index contributed by atoms with van der Waals surface area (Å²) in [5.41, 5.74) is -0.175. The number of imide groups is 1. The lowest BCUT2D eigenvalue weighted by molar-refractivity contribution is -0.384. The first kappa shape index (κ1) is 18.8. The second kappa shape index (κ2) is 6.80. The third kappa shape index (κ3) is 3.06. The highest BCUT2D eigenvalue weighted by molar-refractivity contribution is 6.07. The Morgan fingerprint density at radius 2 is 1.93 bits per heavy atom. The number of hydrazone groups is 1. The van der Waals surface area contributed by atoms with E-state index in [-0.39, 0.29) is 40.7 Å². The predicted molar refractivity (Wildman–Crippen MR) is 98.0 cm³/mol. The number of non-ortho nitro benzene ring substituents is 1. The van der Waals surface area contributed by atoms with Crippen molar-refractivity contribution in [2.75, 3.05) is 0 Å². The molecule has 2 fully saturated rings. The van der Waals surface area contributed by atoms with Crippen LogP contribution >= 0.6 is 0 Å². The molecule has 29 heavy (non-hydrogen) atoms. The van der Waals surface area contributed by atoms with Crippen LogP contribution in [0, 0.1) is 33.8 Å². The zero-order valence-corrected chi connectivity index (χ0v) is 15.3. The van der Waals surface area contributed by atoms with Crippen LogP contribution in [0.5, 0.6) is 5.75 Å². The van der Waals surface area contributed by atoms with Crippen molar-refractivity contribution in [3.8, 4) is 5.75 Å². The van der Waals surface area contributed by atoms with E-state index in [1.54, 1.807) is 0 Å². The maximum Gasteiger partial charge on any atom is 0.344 e. The Balaban J connectivity index is 1.62. The molecule has 1 N–H and O–H groups in total. The third-order valence-corrected chi connectivity index (χ3v) is 5.62. The molecular weight excluding hydrogens is 382 g/mol. The van der Waals surface area contributed by atoms with Crippen LogP contribution in [0.3, 0.4) is 0 Å². The summed E-state index contributed by atoms with van der Waals surface area (Å²) in [6.45, 7) is 1.31. The topological polar surface area (TPSA) is 139 Å². The minimum atomic E-state index is -1.22. The number of nitro groups is 1. The predicted octanol–water partition coefficient (Wildman–Crippen LogP) is 1.59. The largest absolute Gasteiger partial charge is 0.479 e. The lowest BCUT2D eigenvalue weighted by Crippen LogP contribution is -2.28. The number of benzene rings is 1. The Hall–Kier alpha value is -3.56. The minimum Gasteiger partial charge on any atom is -0.479 e. The van der Waals surface area contributed by atoms with Gasteiger partial charge in [0.1, 0.15) is 5.75 Å². The van der Waals surface area contributed by atoms with Crippen LogP contribution in [-0.2, 0) is 14.4 Å². The molecule has 1 aromatic carbocycles. The number of amides is 2. The summed E-state index contributed by atoms with van der Waals surface area (Å²) < 4.78 is 5.32. The van der Waals surface area contributed by atoms with Crippen LogP contribution in [0.15, 0.2) is 35.5 Å². The highest BCUT2D eigenvalue weighted by Crippen LogP contribution is 2.52. The molecule has 5 atom stereocenters. The second-order valence-electron chi connectivity index (χ2n) is 7.31. The summed E-state index contributed by atoms with van der Waals surface area (Å²) in [4.78, 5) is 46.9. The van der Waals surface area contributed by atoms with Crippen LogP contribution < -0.4 is 4.74 Å². The molecule has 2 aliphatic carbocycles. The van der Waals surface area contributed by atoms with Crippen molar-refractivity contribution in [2.24, 2.45) is 28.8 Å². The number of hydrogen-bond acceptors (Lipinski definition) is 7. The number of hydrogen-bond donors (Lipinski definition) is 1. The Morgan fingerprint density at radius 1 is 1.31 bits per heavy atom. The van der Waals surface area contributed by atoms with Gasteiger partial charge in [-0.15, -0.1) is 0 Å². The van der Waals surface area contributed by atoms with Gasteiger partial charge in [-0.3, -0.25) is 19.7 Å². The maximum atomic E-state index is 12.7. The summed E-state index contributed by atoms with van der Waals surface area (Å²) in [6.07, 6.45) is 4.62. The van der Waals surface area contributed by atoms with Crippen molar-refractivity contribution < 1.29 is 29.2 Å². The molecule has 10 heteroatoms. The molecule has 2 amide bonds. The number of carbonyl (C=O) groups excluding carboxylic acids is 2. The first-order chi connectivity index (χ1) is 13.8. The number of rotatable bonds is 6. The quantitative estimate of drug-likeness (QED) is 0.252. The van der Waals surface area contributed by atoms with Gasteiger partial charge in [0.15, 0.2) is 6.10 Å². The lowest BCUT2D eigenvalue weighted by Gasteiger charge is -2.14. The molecule has 2 bridgehead atoms. The van der Waals surface area contributed by atoms with Gasteiger partial charge in [0.05, 0.1) is 23.0 Å². The average Bonchev–Trinajstić information content (AvgIpc) is 3.35. The van der Waals surface area contributed by atoms with Crippen molar-refractivity contribution in [2.45, 2.75) is 19.4 Å². The summed E-state index contributed by atoms with van der Waals surface area (Å²) in [7, 11) is 0. The number of aliphatic carboxylic acids is 1. The number of nitro benzene ring substituents is 1. The SMILES string of the molecule is C[C@@H](Oc1ccc([N+](=O)[O-])cc1C=NN1C(=O)[C@@H]2[C@H](C1=O)[C@H]1C=C[C@H]2C1)C(=O)O. The van der Waals surface area contributed by atoms with E-state index < -0.39 is 28.8 Å². The highest BCUT2D eigenvalue weighted by Gasteiger charge is 2.59. The zero-order valence-electron chi connectivity index (χ0n) is 15.3. The Labute approximate surface area is 164 Å². The van der Waals surface area contributed by atoms with E-state index >= 15 is 0 Å². The van der Waals surface area contributed by atoms with E-state index in [0.717, 1.165) is 23.7 Å². The molecule has 4 rings (SSSR count). The number of carboxylic acid groups (broad SMARTS) is 1. The zero-order chi connectivity index (χ0) is 20.9. The molecule has 150 valence electrons. The summed E-state index contributed by atoms with van der Waals surface area (Å²) >= 11 is 0. The average molecular weight is 399 g/mol. The van der Waals surface area contributed by atoms with Crippen LogP contribution in [-0.4, -0.2) is 45.1 Å². The van der Waals surface area contributed by atoms with Crippen LogP contribution in [0.1, 0.15) is 18.9 Å². The van der Waals surface area contributed by atoms with Gasteiger partial charge in [-0.1, -0.05) is 12.2 Å². The fourth-order valence-corrected chi connectivity index (χ4v) is 4.22. The first-order valence-electron chi connectivity index (χ1n) is 9.06. The minimum absolute atomic E-state index is 0.0368. The summed E-state index contributed by atoms with van der Waals surface area (Å²) in [6, 6.07) is 3.57. The Morgan fingerprint density at radius 3 is 2.48 bits per heavy atom. The fraction of sp³-hybridized carbons (Fsp3) is 0.368. The van der Waals surface area contributed by atoms with Crippen molar-refractivity contribution in [3.63, 3.8) is 0 Å². The van der Waals surface area contributed by atoms with Crippen molar-refractivity contribution in [3.05, 3.63) is 46.0 Å². The molecule has 1 aromatic rings. The fourth-order valence-electron chi connectivity index (χ4n) is 4.22. The number of ether oxygens (including phenoxy) is 1. The van der Waals surface area contributed by atoms with Gasteiger partial charge in [-0.2, -0.15) is 10.1 Å². The summed E-state index contributed by atoms with van der Waals surface area (Å²) in [5.74, 6) is -2.71. The number of nitrogens with zero attached hydrogens (tertiary/aromatic N) is 3. The van der Waals surface area contributed by atoms with Gasteiger partial charge in [0.25, 0.3) is 17.5 Å². The van der Waals surface area contributed by atoms with Crippen LogP contribution in [0.25, 0.3) is 0 Å². The normalized spacial score (nSPS) is 28.2. The van der Waals surface area contributed by atoms with Crippen molar-refractivity contribution >= 4 is 29.7 Å². The van der Waals surface area contributed by atoms with E-state index in [9.17, 15) is 24.5 Å². The first-order valence-corrected chi connectivity index (χ1v) is 9.06. The number of carboxylic acids is 1. The van der Waals surface area contributed by atoms with Gasteiger partial charge < -0.3 is 9.84 Å². The molecule has 0 spiro atoms. The van der Waals surface area contributed by atoms with Crippen molar-refractivity contribution in [1.82, 2.24) is 5.01 Å². The number of carbonyl (C=O) groups is 3. The van der Waals surface area contributed by atoms with Gasteiger partial charge in [-0.25, -0.2) is 4.79 Å². The Kier molecular flexibility index (Phi) is 4.40. The molecule has 0 radical (unpaired) electrons. The van der Waals surface area contributed by atoms with E-state index in [0.29, 0.717) is 0 Å². The van der Waals surface area contributed by atoms with Crippen LogP contribution in [0.2, 0.25) is 0 Å². The molecule has 0 aromatic heterocycles. The number of fused-ring (bicyclic) bond motifs is 5. The van der Waals surface area contributed by atoms with Gasteiger partial charge >= 0.3 is 5.97 Å². The molecule has 3 aliphatic rings. The molecule has 0 unspecified atom stereocenters. The van der Waals surface area contributed by atoms with E-state index in [2.05, 4.69) is 5.10 Å². The Bertz CT molecular complexity index is 956. The van der Waals surface area contributed by atoms with E-state index in [4.69, 9.17) is 9.84 Å². The molecule has 1 heterocycles. The molecule has 1 saturated carbocycles. The van der Waals surface area contributed by atoms with Crippen molar-refractivity contribution in [1.29, 1.82) is 0 Å². The van der Waals surface area contributed by atoms with Gasteiger partial charge in [0.2, 0.25) is 0 Å². The molecule has 1 aliphatic heterocycles. The van der Waals surface area contributed by atoms with Gasteiger partial charge in [-0.05, 0) is 31.2 Å². The number of allylic oxidation sites excluding steroid dienone is 2. The maximum absolute atomic E-state index is 12.7. The monoisotopic (exact) mass is 399 g/mol.